The molecule has 1 fully saturated rings. The number of nitrogens with zero attached hydrogens (tertiary/aromatic N) is 1. The van der Waals surface area contributed by atoms with Crippen LogP contribution in [-0.2, 0) is 11.3 Å². The summed E-state index contributed by atoms with van der Waals surface area (Å²) in [6.07, 6.45) is 2.87. The lowest BCUT2D eigenvalue weighted by molar-refractivity contribution is -0.132. The van der Waals surface area contributed by atoms with Crippen LogP contribution in [-0.4, -0.2) is 37.0 Å². The van der Waals surface area contributed by atoms with Crippen LogP contribution in [0.15, 0.2) is 24.3 Å². The van der Waals surface area contributed by atoms with E-state index in [0.29, 0.717) is 32.0 Å². The van der Waals surface area contributed by atoms with E-state index in [0.717, 1.165) is 30.8 Å². The van der Waals surface area contributed by atoms with Gasteiger partial charge in [-0.15, -0.1) is 0 Å². The highest BCUT2D eigenvalue weighted by atomic mass is 16.5. The van der Waals surface area contributed by atoms with Crippen LogP contribution >= 0.6 is 0 Å². The van der Waals surface area contributed by atoms with Gasteiger partial charge in [-0.2, -0.15) is 0 Å². The molecule has 1 atom stereocenters. The minimum Gasteiger partial charge on any atom is -0.491 e. The van der Waals surface area contributed by atoms with Crippen molar-refractivity contribution in [3.63, 3.8) is 0 Å². The quantitative estimate of drug-likeness (QED) is 0.914. The normalized spacial score (nSPS) is 22.0. The molecule has 0 spiro atoms. The average molecular weight is 274 g/mol. The lowest BCUT2D eigenvalue weighted by Gasteiger charge is -2.20. The fraction of sp³-hybridized carbons (Fsp3) is 0.562. The Morgan fingerprint density at radius 1 is 1.40 bits per heavy atom. The Bertz CT molecular complexity index is 469. The molecular formula is C16H22N2O2. The van der Waals surface area contributed by atoms with E-state index in [1.165, 1.54) is 6.42 Å². The van der Waals surface area contributed by atoms with Gasteiger partial charge in [-0.25, -0.2) is 0 Å². The highest BCUT2D eigenvalue weighted by Crippen LogP contribution is 2.23. The van der Waals surface area contributed by atoms with E-state index in [1.54, 1.807) is 0 Å². The summed E-state index contributed by atoms with van der Waals surface area (Å²) >= 11 is 0. The van der Waals surface area contributed by atoms with Crippen LogP contribution in [0.5, 0.6) is 5.75 Å². The molecule has 0 aromatic heterocycles. The SMILES string of the molecule is O=C(CCC1CCNC1)N1CCOc2ccccc2C1. The third-order valence-corrected chi connectivity index (χ3v) is 4.23. The molecule has 2 aliphatic heterocycles. The summed E-state index contributed by atoms with van der Waals surface area (Å²) in [5.74, 6) is 1.86. The van der Waals surface area contributed by atoms with Crippen LogP contribution in [0, 0.1) is 5.92 Å². The highest BCUT2D eigenvalue weighted by Gasteiger charge is 2.21. The first kappa shape index (κ1) is 13.4. The third-order valence-electron chi connectivity index (χ3n) is 4.23. The molecule has 1 N–H and O–H groups in total. The lowest BCUT2D eigenvalue weighted by Crippen LogP contribution is -2.32. The van der Waals surface area contributed by atoms with Gasteiger partial charge in [0.1, 0.15) is 12.4 Å². The van der Waals surface area contributed by atoms with Gasteiger partial charge in [-0.05, 0) is 37.9 Å². The second-order valence-corrected chi connectivity index (χ2v) is 5.67. The smallest absolute Gasteiger partial charge is 0.222 e. The Labute approximate surface area is 120 Å². The number of para-hydroxylation sites is 1. The molecular weight excluding hydrogens is 252 g/mol. The molecule has 3 rings (SSSR count). The van der Waals surface area contributed by atoms with Crippen molar-refractivity contribution in [2.45, 2.75) is 25.8 Å². The van der Waals surface area contributed by atoms with Crippen LogP contribution in [0.3, 0.4) is 0 Å². The van der Waals surface area contributed by atoms with Gasteiger partial charge in [0.05, 0.1) is 6.54 Å². The molecule has 1 unspecified atom stereocenters. The standard InChI is InChI=1S/C16H22N2O2/c19-16(6-5-13-7-8-17-11-13)18-9-10-20-15-4-2-1-3-14(15)12-18/h1-4,13,17H,5-12H2. The molecule has 0 saturated carbocycles. The number of benzene rings is 1. The van der Waals surface area contributed by atoms with E-state index in [2.05, 4.69) is 5.32 Å². The highest BCUT2D eigenvalue weighted by molar-refractivity contribution is 5.76. The molecule has 108 valence electrons. The van der Waals surface area contributed by atoms with Crippen LogP contribution in [0.2, 0.25) is 0 Å². The van der Waals surface area contributed by atoms with Gasteiger partial charge in [0.15, 0.2) is 0 Å². The molecule has 20 heavy (non-hydrogen) atoms. The molecule has 4 heteroatoms. The van der Waals surface area contributed by atoms with Gasteiger partial charge >= 0.3 is 0 Å². The Kier molecular flexibility index (Phi) is 4.21. The van der Waals surface area contributed by atoms with Crippen LogP contribution in [0.4, 0.5) is 0 Å². The monoisotopic (exact) mass is 274 g/mol. The molecule has 0 radical (unpaired) electrons. The van der Waals surface area contributed by atoms with Gasteiger partial charge in [0.25, 0.3) is 0 Å². The number of nitrogens with one attached hydrogen (secondary N) is 1. The topological polar surface area (TPSA) is 41.6 Å². The minimum absolute atomic E-state index is 0.261. The molecule has 1 aromatic rings. The van der Waals surface area contributed by atoms with Gasteiger partial charge in [0, 0.05) is 18.5 Å². The molecule has 1 amide bonds. The predicted octanol–water partition coefficient (Wildman–Crippen LogP) is 1.80. The fourth-order valence-electron chi connectivity index (χ4n) is 2.99. The Hall–Kier alpha value is -1.55. The summed E-state index contributed by atoms with van der Waals surface area (Å²) in [6, 6.07) is 8.00. The molecule has 2 heterocycles. The van der Waals surface area contributed by atoms with E-state index in [1.807, 2.05) is 29.2 Å². The summed E-state index contributed by atoms with van der Waals surface area (Å²) in [5, 5.41) is 3.35. The first-order valence-corrected chi connectivity index (χ1v) is 7.52. The van der Waals surface area contributed by atoms with E-state index in [4.69, 9.17) is 4.74 Å². The number of hydrogen-bond acceptors (Lipinski definition) is 3. The number of hydrogen-bond donors (Lipinski definition) is 1. The van der Waals surface area contributed by atoms with Crippen molar-refractivity contribution in [1.29, 1.82) is 0 Å². The Morgan fingerprint density at radius 2 is 2.30 bits per heavy atom. The maximum Gasteiger partial charge on any atom is 0.222 e. The number of fused-ring (bicyclic) bond motifs is 1. The maximum atomic E-state index is 12.4. The number of carbonyl (C=O) groups is 1. The van der Waals surface area contributed by atoms with Crippen LogP contribution in [0.25, 0.3) is 0 Å². The maximum absolute atomic E-state index is 12.4. The van der Waals surface area contributed by atoms with Gasteiger partial charge < -0.3 is 15.0 Å². The van der Waals surface area contributed by atoms with E-state index in [9.17, 15) is 4.79 Å². The minimum atomic E-state index is 0.261. The van der Waals surface area contributed by atoms with Crippen molar-refractivity contribution in [2.75, 3.05) is 26.2 Å². The summed E-state index contributed by atoms with van der Waals surface area (Å²) in [5.41, 5.74) is 1.11. The van der Waals surface area contributed by atoms with E-state index < -0.39 is 0 Å². The molecule has 0 bridgehead atoms. The first-order chi connectivity index (χ1) is 9.83. The first-order valence-electron chi connectivity index (χ1n) is 7.52. The molecule has 4 nitrogen and oxygen atoms in total. The van der Waals surface area contributed by atoms with Gasteiger partial charge in [-0.3, -0.25) is 4.79 Å². The Balaban J connectivity index is 1.57. The second kappa shape index (κ2) is 6.27. The molecule has 1 saturated heterocycles. The van der Waals surface area contributed by atoms with Gasteiger partial charge in [0.2, 0.25) is 5.91 Å². The second-order valence-electron chi connectivity index (χ2n) is 5.67. The van der Waals surface area contributed by atoms with Crippen molar-refractivity contribution in [2.24, 2.45) is 5.92 Å². The Morgan fingerprint density at radius 3 is 3.15 bits per heavy atom. The van der Waals surface area contributed by atoms with Crippen molar-refractivity contribution in [3.8, 4) is 5.75 Å². The van der Waals surface area contributed by atoms with Crippen molar-refractivity contribution in [3.05, 3.63) is 29.8 Å². The zero-order valence-corrected chi connectivity index (χ0v) is 11.8. The summed E-state index contributed by atoms with van der Waals surface area (Å²) in [6.45, 7) is 4.13. The zero-order valence-electron chi connectivity index (χ0n) is 11.8. The van der Waals surface area contributed by atoms with Crippen LogP contribution < -0.4 is 10.1 Å². The zero-order chi connectivity index (χ0) is 13.8. The van der Waals surface area contributed by atoms with Crippen molar-refractivity contribution >= 4 is 5.91 Å². The number of ether oxygens (including phenoxy) is 1. The van der Waals surface area contributed by atoms with Crippen molar-refractivity contribution < 1.29 is 9.53 Å². The molecule has 2 aliphatic rings. The van der Waals surface area contributed by atoms with Crippen molar-refractivity contribution in [1.82, 2.24) is 10.2 Å². The van der Waals surface area contributed by atoms with E-state index >= 15 is 0 Å². The number of carbonyl (C=O) groups excluding carboxylic acids is 1. The lowest BCUT2D eigenvalue weighted by atomic mass is 10.0. The summed E-state index contributed by atoms with van der Waals surface area (Å²) in [7, 11) is 0. The fourth-order valence-corrected chi connectivity index (χ4v) is 2.99. The summed E-state index contributed by atoms with van der Waals surface area (Å²) < 4.78 is 5.70. The summed E-state index contributed by atoms with van der Waals surface area (Å²) in [4.78, 5) is 14.3. The predicted molar refractivity (Wildman–Crippen MR) is 77.6 cm³/mol. The number of rotatable bonds is 3. The number of amides is 1. The molecule has 0 aliphatic carbocycles. The van der Waals surface area contributed by atoms with Crippen LogP contribution in [0.1, 0.15) is 24.8 Å². The molecule has 1 aromatic carbocycles. The largest absolute Gasteiger partial charge is 0.491 e. The average Bonchev–Trinajstić information content (AvgIpc) is 2.89. The third kappa shape index (κ3) is 3.12. The van der Waals surface area contributed by atoms with Gasteiger partial charge in [-0.1, -0.05) is 18.2 Å². The van der Waals surface area contributed by atoms with E-state index in [-0.39, 0.29) is 5.91 Å².